The van der Waals surface area contributed by atoms with Crippen molar-refractivity contribution in [2.24, 2.45) is 0 Å². The summed E-state index contributed by atoms with van der Waals surface area (Å²) in [7, 11) is 0. The molecule has 0 heteroatoms. The van der Waals surface area contributed by atoms with E-state index in [9.17, 15) is 0 Å². The molecule has 0 saturated heterocycles. The van der Waals surface area contributed by atoms with Gasteiger partial charge in [-0.05, 0) is 92.0 Å². The summed E-state index contributed by atoms with van der Waals surface area (Å²) >= 11 is 0. The number of rotatable bonds is 3. The van der Waals surface area contributed by atoms with E-state index in [0.29, 0.717) is 0 Å². The largest absolute Gasteiger partial charge is 0.0622 e. The van der Waals surface area contributed by atoms with Crippen LogP contribution in [0.25, 0.3) is 54.9 Å². The van der Waals surface area contributed by atoms with Crippen molar-refractivity contribution in [2.45, 2.75) is 13.8 Å². The molecule has 0 aliphatic carbocycles. The molecule has 0 fully saturated rings. The fourth-order valence-electron chi connectivity index (χ4n) is 5.38. The molecule has 34 heavy (non-hydrogen) atoms. The maximum absolute atomic E-state index is 2.35. The van der Waals surface area contributed by atoms with E-state index in [4.69, 9.17) is 0 Å². The highest BCUT2D eigenvalue weighted by Gasteiger charge is 2.19. The topological polar surface area (TPSA) is 0 Å². The molecule has 6 aromatic carbocycles. The van der Waals surface area contributed by atoms with Crippen LogP contribution in [0.15, 0.2) is 121 Å². The summed E-state index contributed by atoms with van der Waals surface area (Å²) in [6.07, 6.45) is 0. The van der Waals surface area contributed by atoms with Gasteiger partial charge in [0.05, 0.1) is 0 Å². The lowest BCUT2D eigenvalue weighted by Crippen LogP contribution is -1.96. The average molecular weight is 435 g/mol. The minimum Gasteiger partial charge on any atom is -0.0622 e. The predicted molar refractivity (Wildman–Crippen MR) is 147 cm³/mol. The Bertz CT molecular complexity index is 1510. The van der Waals surface area contributed by atoms with Crippen LogP contribution in [0.1, 0.15) is 11.1 Å². The number of hydrogen-bond acceptors (Lipinski definition) is 0. The van der Waals surface area contributed by atoms with Crippen molar-refractivity contribution in [3.8, 4) is 33.4 Å². The Labute approximate surface area is 201 Å². The lowest BCUT2D eigenvalue weighted by Gasteiger charge is -2.21. The molecule has 0 heterocycles. The Balaban J connectivity index is 1.78. The first-order valence-corrected chi connectivity index (χ1v) is 11.9. The summed E-state index contributed by atoms with van der Waals surface area (Å²) in [6, 6.07) is 43.9. The smallest absolute Gasteiger partial charge is 0.00608 e. The molecule has 0 amide bonds. The van der Waals surface area contributed by atoms with Gasteiger partial charge in [0.15, 0.2) is 0 Å². The zero-order valence-electron chi connectivity index (χ0n) is 19.5. The molecule has 0 unspecified atom stereocenters. The highest BCUT2D eigenvalue weighted by atomic mass is 14.2. The van der Waals surface area contributed by atoms with Crippen molar-refractivity contribution in [2.75, 3.05) is 0 Å². The monoisotopic (exact) mass is 434 g/mol. The molecule has 0 atom stereocenters. The lowest BCUT2D eigenvalue weighted by molar-refractivity contribution is 1.43. The summed E-state index contributed by atoms with van der Waals surface area (Å²) in [5.41, 5.74) is 10.4. The number of hydrogen-bond donors (Lipinski definition) is 0. The van der Waals surface area contributed by atoms with Gasteiger partial charge in [-0.1, -0.05) is 109 Å². The van der Waals surface area contributed by atoms with Crippen LogP contribution in [0.4, 0.5) is 0 Å². The second-order valence-electron chi connectivity index (χ2n) is 9.02. The van der Waals surface area contributed by atoms with E-state index < -0.39 is 0 Å². The number of benzene rings is 6. The fraction of sp³-hybridized carbons (Fsp3) is 0.0588. The third-order valence-electron chi connectivity index (χ3n) is 7.04. The van der Waals surface area contributed by atoms with Crippen LogP contribution in [-0.4, -0.2) is 0 Å². The molecule has 0 nitrogen and oxygen atoms in total. The SMILES string of the molecule is Cc1c(-c2ccccc2)cc2ccccc2c1-c1c(C)c(-c2ccccc2)cc2ccccc12. The Morgan fingerprint density at radius 3 is 1.15 bits per heavy atom. The second-order valence-corrected chi connectivity index (χ2v) is 9.02. The summed E-state index contributed by atoms with van der Waals surface area (Å²) < 4.78 is 0. The molecule has 162 valence electrons. The van der Waals surface area contributed by atoms with E-state index in [0.717, 1.165) is 0 Å². The van der Waals surface area contributed by atoms with Crippen molar-refractivity contribution in [1.82, 2.24) is 0 Å². The minimum absolute atomic E-state index is 1.26. The molecule has 6 aromatic rings. The third kappa shape index (κ3) is 3.31. The fourth-order valence-corrected chi connectivity index (χ4v) is 5.38. The zero-order chi connectivity index (χ0) is 23.1. The summed E-state index contributed by atoms with van der Waals surface area (Å²) in [5.74, 6) is 0. The predicted octanol–water partition coefficient (Wildman–Crippen LogP) is 9.61. The standard InChI is InChI=1S/C34H26/c1-23-31(25-13-5-3-6-14-25)21-27-17-9-11-19-29(27)33(23)34-24(2)32(26-15-7-4-8-16-26)22-28-18-10-12-20-30(28)34/h3-22H,1-2H3. The first-order chi connectivity index (χ1) is 16.7. The van der Waals surface area contributed by atoms with E-state index in [1.807, 2.05) is 0 Å². The van der Waals surface area contributed by atoms with Crippen LogP contribution in [0.3, 0.4) is 0 Å². The van der Waals surface area contributed by atoms with E-state index in [1.54, 1.807) is 0 Å². The van der Waals surface area contributed by atoms with Crippen LogP contribution >= 0.6 is 0 Å². The summed E-state index contributed by atoms with van der Waals surface area (Å²) in [4.78, 5) is 0. The Morgan fingerprint density at radius 2 is 0.735 bits per heavy atom. The summed E-state index contributed by atoms with van der Waals surface area (Å²) in [6.45, 7) is 4.57. The Kier molecular flexibility index (Phi) is 5.00. The lowest BCUT2D eigenvalue weighted by atomic mass is 9.82. The molecular weight excluding hydrogens is 408 g/mol. The molecular formula is C34H26. The highest BCUT2D eigenvalue weighted by Crippen LogP contribution is 2.45. The number of fused-ring (bicyclic) bond motifs is 2. The van der Waals surface area contributed by atoms with Gasteiger partial charge in [0.1, 0.15) is 0 Å². The summed E-state index contributed by atoms with van der Waals surface area (Å²) in [5, 5.41) is 5.15. The minimum atomic E-state index is 1.26. The van der Waals surface area contributed by atoms with E-state index in [-0.39, 0.29) is 0 Å². The molecule has 0 radical (unpaired) electrons. The van der Waals surface area contributed by atoms with E-state index in [2.05, 4.69) is 135 Å². The van der Waals surface area contributed by atoms with Gasteiger partial charge in [0, 0.05) is 0 Å². The quantitative estimate of drug-likeness (QED) is 0.260. The van der Waals surface area contributed by atoms with Gasteiger partial charge in [-0.15, -0.1) is 0 Å². The first-order valence-electron chi connectivity index (χ1n) is 11.9. The van der Waals surface area contributed by atoms with E-state index >= 15 is 0 Å². The van der Waals surface area contributed by atoms with Crippen molar-refractivity contribution in [1.29, 1.82) is 0 Å². The van der Waals surface area contributed by atoms with Crippen LogP contribution in [0.2, 0.25) is 0 Å². The van der Waals surface area contributed by atoms with Crippen molar-refractivity contribution >= 4 is 21.5 Å². The Hall–Kier alpha value is -4.16. The van der Waals surface area contributed by atoms with Crippen molar-refractivity contribution in [3.63, 3.8) is 0 Å². The maximum atomic E-state index is 2.35. The molecule has 0 aliphatic rings. The van der Waals surface area contributed by atoms with Gasteiger partial charge in [-0.3, -0.25) is 0 Å². The van der Waals surface area contributed by atoms with Crippen LogP contribution in [-0.2, 0) is 0 Å². The maximum Gasteiger partial charge on any atom is -0.00608 e. The van der Waals surface area contributed by atoms with Crippen molar-refractivity contribution < 1.29 is 0 Å². The van der Waals surface area contributed by atoms with Crippen LogP contribution < -0.4 is 0 Å². The normalized spacial score (nSPS) is 11.2. The van der Waals surface area contributed by atoms with Crippen molar-refractivity contribution in [3.05, 3.63) is 132 Å². The van der Waals surface area contributed by atoms with Gasteiger partial charge < -0.3 is 0 Å². The average Bonchev–Trinajstić information content (AvgIpc) is 2.90. The Morgan fingerprint density at radius 1 is 0.382 bits per heavy atom. The van der Waals surface area contributed by atoms with E-state index in [1.165, 1.54) is 66.1 Å². The van der Waals surface area contributed by atoms with Gasteiger partial charge >= 0.3 is 0 Å². The van der Waals surface area contributed by atoms with Gasteiger partial charge in [-0.2, -0.15) is 0 Å². The van der Waals surface area contributed by atoms with Gasteiger partial charge in [-0.25, -0.2) is 0 Å². The van der Waals surface area contributed by atoms with Crippen LogP contribution in [0.5, 0.6) is 0 Å². The molecule has 6 rings (SSSR count). The molecule has 0 bridgehead atoms. The van der Waals surface area contributed by atoms with Crippen LogP contribution in [0, 0.1) is 13.8 Å². The molecule has 0 aliphatic heterocycles. The molecule has 0 saturated carbocycles. The highest BCUT2D eigenvalue weighted by molar-refractivity contribution is 6.11. The first kappa shape index (κ1) is 20.4. The third-order valence-corrected chi connectivity index (χ3v) is 7.04. The van der Waals surface area contributed by atoms with Gasteiger partial charge in [0.2, 0.25) is 0 Å². The zero-order valence-corrected chi connectivity index (χ0v) is 19.5. The van der Waals surface area contributed by atoms with Gasteiger partial charge in [0.25, 0.3) is 0 Å². The molecule has 0 aromatic heterocycles. The second kappa shape index (κ2) is 8.32. The molecule has 0 N–H and O–H groups in total. The molecule has 0 spiro atoms.